The Kier molecular flexibility index (Phi) is 4.51. The first-order chi connectivity index (χ1) is 9.20. The number of Topliss-reactive ketones (excluding diaryl/α,β-unsaturated/α-hetero) is 1. The summed E-state index contributed by atoms with van der Waals surface area (Å²) in [5.41, 5.74) is 3.11. The van der Waals surface area contributed by atoms with Crippen LogP contribution in [0.2, 0.25) is 0 Å². The van der Waals surface area contributed by atoms with Crippen molar-refractivity contribution in [1.29, 1.82) is 0 Å². The van der Waals surface area contributed by atoms with E-state index < -0.39 is 0 Å². The molecule has 0 radical (unpaired) electrons. The van der Waals surface area contributed by atoms with Crippen molar-refractivity contribution in [3.63, 3.8) is 0 Å². The van der Waals surface area contributed by atoms with Crippen molar-refractivity contribution in [2.45, 2.75) is 38.0 Å². The highest BCUT2D eigenvalue weighted by atomic mass is 127. The van der Waals surface area contributed by atoms with Crippen molar-refractivity contribution in [2.24, 2.45) is 11.8 Å². The summed E-state index contributed by atoms with van der Waals surface area (Å²) in [7, 11) is 0. The lowest BCUT2D eigenvalue weighted by Gasteiger charge is -2.40. The molecule has 1 fully saturated rings. The zero-order chi connectivity index (χ0) is 13.4. The molecule has 1 aromatic carbocycles. The number of carbonyl (C=O) groups excluding carboxylic acids is 1. The number of carbonyl (C=O) groups is 1. The summed E-state index contributed by atoms with van der Waals surface area (Å²) < 4.78 is 2.51. The van der Waals surface area contributed by atoms with E-state index in [1.54, 1.807) is 11.1 Å². The summed E-state index contributed by atoms with van der Waals surface area (Å²) in [5.74, 6) is 2.11. The Labute approximate surface area is 142 Å². The SMILES string of the molecule is O=C1CC2CCc3c(I)cccc3C2CC1CCI. The van der Waals surface area contributed by atoms with Gasteiger partial charge in [-0.25, -0.2) is 0 Å². The molecule has 1 aromatic rings. The molecule has 3 unspecified atom stereocenters. The highest BCUT2D eigenvalue weighted by molar-refractivity contribution is 14.1. The van der Waals surface area contributed by atoms with Gasteiger partial charge in [0.2, 0.25) is 0 Å². The quantitative estimate of drug-likeness (QED) is 0.442. The minimum Gasteiger partial charge on any atom is -0.299 e. The number of hydrogen-bond donors (Lipinski definition) is 0. The summed E-state index contributed by atoms with van der Waals surface area (Å²) in [4.78, 5) is 12.2. The number of rotatable bonds is 2. The van der Waals surface area contributed by atoms with Gasteiger partial charge >= 0.3 is 0 Å². The number of alkyl halides is 1. The Morgan fingerprint density at radius 1 is 1.32 bits per heavy atom. The number of hydrogen-bond acceptors (Lipinski definition) is 1. The Hall–Kier alpha value is 0.350. The summed E-state index contributed by atoms with van der Waals surface area (Å²) in [6.45, 7) is 0. The van der Waals surface area contributed by atoms with E-state index in [1.807, 2.05) is 0 Å². The fourth-order valence-corrected chi connectivity index (χ4v) is 5.35. The van der Waals surface area contributed by atoms with Crippen molar-refractivity contribution in [2.75, 3.05) is 4.43 Å². The predicted octanol–water partition coefficient (Wildman–Crippen LogP) is 4.74. The Morgan fingerprint density at radius 3 is 2.95 bits per heavy atom. The highest BCUT2D eigenvalue weighted by Crippen LogP contribution is 2.47. The first kappa shape index (κ1) is 14.3. The van der Waals surface area contributed by atoms with Crippen LogP contribution in [0, 0.1) is 15.4 Å². The second-order valence-electron chi connectivity index (χ2n) is 5.79. The van der Waals surface area contributed by atoms with Gasteiger partial charge in [-0.05, 0) is 77.3 Å². The Bertz CT molecular complexity index is 498. The molecule has 0 amide bonds. The third-order valence-electron chi connectivity index (χ3n) is 4.80. The molecular weight excluding hydrogens is 462 g/mol. The minimum atomic E-state index is 0.321. The first-order valence-corrected chi connectivity index (χ1v) is 9.67. The summed E-state index contributed by atoms with van der Waals surface area (Å²) in [6, 6.07) is 6.72. The molecule has 102 valence electrons. The Balaban J connectivity index is 1.92. The smallest absolute Gasteiger partial charge is 0.136 e. The standard InChI is InChI=1S/C16H18I2O/c17-7-6-11-8-14-10(9-16(11)19)4-5-13-12(14)2-1-3-15(13)18/h1-3,10-11,14H,4-9H2. The molecule has 3 heteroatoms. The van der Waals surface area contributed by atoms with Crippen LogP contribution in [0.25, 0.3) is 0 Å². The van der Waals surface area contributed by atoms with Crippen molar-refractivity contribution < 1.29 is 4.79 Å². The molecular formula is C16H18I2O. The van der Waals surface area contributed by atoms with Crippen LogP contribution in [0.1, 0.15) is 42.7 Å². The van der Waals surface area contributed by atoms with Gasteiger partial charge in [-0.1, -0.05) is 34.7 Å². The van der Waals surface area contributed by atoms with E-state index in [2.05, 4.69) is 63.4 Å². The largest absolute Gasteiger partial charge is 0.299 e. The number of halogens is 2. The zero-order valence-corrected chi connectivity index (χ0v) is 15.2. The monoisotopic (exact) mass is 480 g/mol. The maximum atomic E-state index is 12.2. The van der Waals surface area contributed by atoms with Crippen LogP contribution >= 0.6 is 45.2 Å². The summed E-state index contributed by atoms with van der Waals surface area (Å²) >= 11 is 4.86. The van der Waals surface area contributed by atoms with Gasteiger partial charge in [-0.2, -0.15) is 0 Å². The van der Waals surface area contributed by atoms with E-state index >= 15 is 0 Å². The topological polar surface area (TPSA) is 17.1 Å². The van der Waals surface area contributed by atoms with Crippen LogP contribution in [-0.2, 0) is 11.2 Å². The van der Waals surface area contributed by atoms with E-state index in [-0.39, 0.29) is 0 Å². The van der Waals surface area contributed by atoms with E-state index in [0.29, 0.717) is 23.5 Å². The average Bonchev–Trinajstić information content (AvgIpc) is 2.40. The fraction of sp³-hybridized carbons (Fsp3) is 0.562. The lowest BCUT2D eigenvalue weighted by atomic mass is 9.64. The molecule has 1 nitrogen and oxygen atoms in total. The lowest BCUT2D eigenvalue weighted by molar-refractivity contribution is -0.126. The molecule has 0 spiro atoms. The molecule has 0 saturated heterocycles. The third kappa shape index (κ3) is 2.74. The van der Waals surface area contributed by atoms with Gasteiger partial charge in [0.05, 0.1) is 0 Å². The molecule has 0 aliphatic heterocycles. The third-order valence-corrected chi connectivity index (χ3v) is 6.44. The molecule has 0 N–H and O–H groups in total. The molecule has 0 heterocycles. The maximum Gasteiger partial charge on any atom is 0.136 e. The summed E-state index contributed by atoms with van der Waals surface area (Å²) in [5, 5.41) is 0. The minimum absolute atomic E-state index is 0.321. The number of fused-ring (bicyclic) bond motifs is 3. The maximum absolute atomic E-state index is 12.2. The number of benzene rings is 1. The van der Waals surface area contributed by atoms with Crippen molar-refractivity contribution in [3.05, 3.63) is 32.9 Å². The van der Waals surface area contributed by atoms with E-state index in [1.165, 1.54) is 16.4 Å². The van der Waals surface area contributed by atoms with Gasteiger partial charge in [0.15, 0.2) is 0 Å². The lowest BCUT2D eigenvalue weighted by Crippen LogP contribution is -2.34. The molecule has 0 bridgehead atoms. The van der Waals surface area contributed by atoms with E-state index in [4.69, 9.17) is 0 Å². The first-order valence-electron chi connectivity index (χ1n) is 7.06. The average molecular weight is 480 g/mol. The van der Waals surface area contributed by atoms with Crippen molar-refractivity contribution >= 4 is 51.0 Å². The van der Waals surface area contributed by atoms with Gasteiger partial charge in [0.25, 0.3) is 0 Å². The molecule has 3 atom stereocenters. The normalized spacial score (nSPS) is 29.8. The second kappa shape index (κ2) is 6.00. The predicted molar refractivity (Wildman–Crippen MR) is 94.9 cm³/mol. The van der Waals surface area contributed by atoms with E-state index in [9.17, 15) is 4.79 Å². The molecule has 3 rings (SSSR count). The van der Waals surface area contributed by atoms with E-state index in [0.717, 1.165) is 23.7 Å². The molecule has 1 saturated carbocycles. The zero-order valence-electron chi connectivity index (χ0n) is 10.9. The van der Waals surface area contributed by atoms with Gasteiger partial charge in [0.1, 0.15) is 5.78 Å². The van der Waals surface area contributed by atoms with Crippen LogP contribution in [0.3, 0.4) is 0 Å². The van der Waals surface area contributed by atoms with Gasteiger partial charge in [-0.15, -0.1) is 0 Å². The van der Waals surface area contributed by atoms with Crippen LogP contribution < -0.4 is 0 Å². The van der Waals surface area contributed by atoms with Gasteiger partial charge in [0, 0.05) is 20.3 Å². The Morgan fingerprint density at radius 2 is 2.16 bits per heavy atom. The van der Waals surface area contributed by atoms with Gasteiger partial charge < -0.3 is 0 Å². The van der Waals surface area contributed by atoms with Crippen LogP contribution in [0.15, 0.2) is 18.2 Å². The summed E-state index contributed by atoms with van der Waals surface area (Å²) in [6.07, 6.45) is 5.37. The highest BCUT2D eigenvalue weighted by Gasteiger charge is 2.39. The van der Waals surface area contributed by atoms with Crippen molar-refractivity contribution in [3.8, 4) is 0 Å². The van der Waals surface area contributed by atoms with Crippen LogP contribution in [-0.4, -0.2) is 10.2 Å². The second-order valence-corrected chi connectivity index (χ2v) is 8.03. The molecule has 19 heavy (non-hydrogen) atoms. The van der Waals surface area contributed by atoms with Crippen LogP contribution in [0.5, 0.6) is 0 Å². The molecule has 2 aliphatic rings. The molecule has 2 aliphatic carbocycles. The van der Waals surface area contributed by atoms with Crippen molar-refractivity contribution in [1.82, 2.24) is 0 Å². The fourth-order valence-electron chi connectivity index (χ4n) is 3.81. The van der Waals surface area contributed by atoms with Gasteiger partial charge in [-0.3, -0.25) is 4.79 Å². The molecule has 0 aromatic heterocycles. The van der Waals surface area contributed by atoms with Crippen LogP contribution in [0.4, 0.5) is 0 Å². The number of ketones is 1.